The molecule has 0 bridgehead atoms. The topological polar surface area (TPSA) is 52.2 Å². The molecule has 0 saturated carbocycles. The summed E-state index contributed by atoms with van der Waals surface area (Å²) in [5.74, 6) is 1.61. The lowest BCUT2D eigenvalue weighted by molar-refractivity contribution is 0.0711. The molecule has 0 spiro atoms. The van der Waals surface area contributed by atoms with Gasteiger partial charge in [-0.3, -0.25) is 4.79 Å². The summed E-state index contributed by atoms with van der Waals surface area (Å²) in [7, 11) is 3.97. The third-order valence-electron chi connectivity index (χ3n) is 4.30. The summed E-state index contributed by atoms with van der Waals surface area (Å²) in [4.78, 5) is 24.1. The molecule has 116 valence electrons. The summed E-state index contributed by atoms with van der Waals surface area (Å²) in [5, 5.41) is 0. The number of anilines is 1. The molecule has 1 saturated heterocycles. The third kappa shape index (κ3) is 2.98. The number of aromatic nitrogens is 2. The summed E-state index contributed by atoms with van der Waals surface area (Å²) in [6.45, 7) is 1.58. The average Bonchev–Trinajstić information content (AvgIpc) is 3.09. The van der Waals surface area contributed by atoms with E-state index in [1.807, 2.05) is 54.4 Å². The Morgan fingerprint density at radius 1 is 1.32 bits per heavy atom. The van der Waals surface area contributed by atoms with Crippen LogP contribution in [0.3, 0.4) is 0 Å². The van der Waals surface area contributed by atoms with Gasteiger partial charge in [0.2, 0.25) is 0 Å². The first-order valence-corrected chi connectivity index (χ1v) is 7.71. The van der Waals surface area contributed by atoms with Gasteiger partial charge in [0.05, 0.1) is 0 Å². The van der Waals surface area contributed by atoms with Gasteiger partial charge in [0, 0.05) is 56.7 Å². The highest BCUT2D eigenvalue weighted by molar-refractivity contribution is 5.95. The highest BCUT2D eigenvalue weighted by atomic mass is 16.2. The SMILES string of the molecule is CN(C)c1cccc(C(=O)N2CCC(c3ncc[nH]3)CC2)c1. The quantitative estimate of drug-likeness (QED) is 0.947. The first-order valence-electron chi connectivity index (χ1n) is 7.71. The van der Waals surface area contributed by atoms with Crippen LogP contribution in [-0.2, 0) is 0 Å². The first kappa shape index (κ1) is 14.6. The number of rotatable bonds is 3. The minimum absolute atomic E-state index is 0.126. The maximum atomic E-state index is 12.7. The van der Waals surface area contributed by atoms with Crippen molar-refractivity contribution in [3.63, 3.8) is 0 Å². The van der Waals surface area contributed by atoms with Crippen LogP contribution in [0.25, 0.3) is 0 Å². The monoisotopic (exact) mass is 298 g/mol. The predicted molar refractivity (Wildman–Crippen MR) is 87.2 cm³/mol. The minimum Gasteiger partial charge on any atom is -0.378 e. The van der Waals surface area contributed by atoms with E-state index in [0.29, 0.717) is 5.92 Å². The first-order chi connectivity index (χ1) is 10.6. The maximum Gasteiger partial charge on any atom is 0.253 e. The van der Waals surface area contributed by atoms with Gasteiger partial charge in [-0.25, -0.2) is 4.98 Å². The second-order valence-corrected chi connectivity index (χ2v) is 5.99. The predicted octanol–water partition coefficient (Wildman–Crippen LogP) is 2.50. The fourth-order valence-electron chi connectivity index (χ4n) is 2.96. The van der Waals surface area contributed by atoms with Gasteiger partial charge in [-0.15, -0.1) is 0 Å². The van der Waals surface area contributed by atoms with Crippen LogP contribution in [0.2, 0.25) is 0 Å². The van der Waals surface area contributed by atoms with Gasteiger partial charge in [-0.1, -0.05) is 6.07 Å². The number of H-pyrrole nitrogens is 1. The Hall–Kier alpha value is -2.30. The molecule has 0 unspecified atom stereocenters. The second-order valence-electron chi connectivity index (χ2n) is 5.99. The van der Waals surface area contributed by atoms with Crippen LogP contribution in [0.15, 0.2) is 36.7 Å². The molecule has 22 heavy (non-hydrogen) atoms. The summed E-state index contributed by atoms with van der Waals surface area (Å²) >= 11 is 0. The van der Waals surface area contributed by atoms with Crippen LogP contribution in [0.1, 0.15) is 34.9 Å². The number of nitrogens with zero attached hydrogens (tertiary/aromatic N) is 3. The van der Waals surface area contributed by atoms with Gasteiger partial charge in [0.1, 0.15) is 5.82 Å². The van der Waals surface area contributed by atoms with Crippen molar-refractivity contribution in [2.45, 2.75) is 18.8 Å². The molecule has 1 aliphatic rings. The lowest BCUT2D eigenvalue weighted by Gasteiger charge is -2.31. The van der Waals surface area contributed by atoms with Crippen molar-refractivity contribution in [1.82, 2.24) is 14.9 Å². The zero-order chi connectivity index (χ0) is 15.5. The fraction of sp³-hybridized carbons (Fsp3) is 0.412. The molecule has 3 rings (SSSR count). The number of piperidine rings is 1. The Morgan fingerprint density at radius 3 is 2.73 bits per heavy atom. The van der Waals surface area contributed by atoms with E-state index >= 15 is 0 Å². The van der Waals surface area contributed by atoms with E-state index in [1.54, 1.807) is 6.20 Å². The Bertz CT molecular complexity index is 628. The smallest absolute Gasteiger partial charge is 0.253 e. The van der Waals surface area contributed by atoms with Crippen LogP contribution in [0, 0.1) is 0 Å². The molecule has 0 aliphatic carbocycles. The van der Waals surface area contributed by atoms with E-state index in [0.717, 1.165) is 43.0 Å². The number of imidazole rings is 1. The molecule has 1 amide bonds. The third-order valence-corrected chi connectivity index (χ3v) is 4.30. The van der Waals surface area contributed by atoms with E-state index < -0.39 is 0 Å². The van der Waals surface area contributed by atoms with Crippen molar-refractivity contribution in [3.05, 3.63) is 48.0 Å². The van der Waals surface area contributed by atoms with Gasteiger partial charge < -0.3 is 14.8 Å². The summed E-state index contributed by atoms with van der Waals surface area (Å²) < 4.78 is 0. The molecule has 0 radical (unpaired) electrons. The fourth-order valence-corrected chi connectivity index (χ4v) is 2.96. The largest absolute Gasteiger partial charge is 0.378 e. The molecule has 2 aromatic rings. The van der Waals surface area contributed by atoms with Crippen LogP contribution < -0.4 is 4.90 Å². The lowest BCUT2D eigenvalue weighted by atomic mass is 9.95. The van der Waals surface area contributed by atoms with Gasteiger partial charge in [0.15, 0.2) is 0 Å². The molecule has 1 aromatic carbocycles. The molecule has 1 N–H and O–H groups in total. The molecular formula is C17H22N4O. The molecule has 1 aromatic heterocycles. The number of likely N-dealkylation sites (tertiary alicyclic amines) is 1. The number of aromatic amines is 1. The van der Waals surface area contributed by atoms with Crippen LogP contribution in [0.5, 0.6) is 0 Å². The number of hydrogen-bond acceptors (Lipinski definition) is 3. The van der Waals surface area contributed by atoms with E-state index in [2.05, 4.69) is 9.97 Å². The number of hydrogen-bond donors (Lipinski definition) is 1. The summed E-state index contributed by atoms with van der Waals surface area (Å²) in [6, 6.07) is 7.81. The Labute approximate surface area is 131 Å². The Balaban J connectivity index is 1.66. The zero-order valence-electron chi connectivity index (χ0n) is 13.1. The molecule has 5 heteroatoms. The van der Waals surface area contributed by atoms with Crippen molar-refractivity contribution in [1.29, 1.82) is 0 Å². The maximum absolute atomic E-state index is 12.7. The van der Waals surface area contributed by atoms with Gasteiger partial charge in [-0.2, -0.15) is 0 Å². The minimum atomic E-state index is 0.126. The molecule has 0 atom stereocenters. The van der Waals surface area contributed by atoms with Crippen molar-refractivity contribution >= 4 is 11.6 Å². The van der Waals surface area contributed by atoms with Gasteiger partial charge in [0.25, 0.3) is 5.91 Å². The van der Waals surface area contributed by atoms with Crippen molar-refractivity contribution in [2.24, 2.45) is 0 Å². The van der Waals surface area contributed by atoms with E-state index in [4.69, 9.17) is 0 Å². The number of amides is 1. The standard InChI is InChI=1S/C17H22N4O/c1-20(2)15-5-3-4-14(12-15)17(22)21-10-6-13(7-11-21)16-18-8-9-19-16/h3-5,8-9,12-13H,6-7,10-11H2,1-2H3,(H,18,19). The van der Waals surface area contributed by atoms with Crippen LogP contribution in [-0.4, -0.2) is 48.0 Å². The summed E-state index contributed by atoms with van der Waals surface area (Å²) in [5.41, 5.74) is 1.82. The van der Waals surface area contributed by atoms with E-state index in [1.165, 1.54) is 0 Å². The average molecular weight is 298 g/mol. The van der Waals surface area contributed by atoms with Crippen molar-refractivity contribution in [3.8, 4) is 0 Å². The second kappa shape index (κ2) is 6.22. The molecular weight excluding hydrogens is 276 g/mol. The highest BCUT2D eigenvalue weighted by Gasteiger charge is 2.25. The number of nitrogens with one attached hydrogen (secondary N) is 1. The molecule has 1 fully saturated rings. The van der Waals surface area contributed by atoms with E-state index in [-0.39, 0.29) is 5.91 Å². The summed E-state index contributed by atoms with van der Waals surface area (Å²) in [6.07, 6.45) is 5.58. The van der Waals surface area contributed by atoms with Crippen molar-refractivity contribution in [2.75, 3.05) is 32.1 Å². The number of carbonyl (C=O) groups excluding carboxylic acids is 1. The highest BCUT2D eigenvalue weighted by Crippen LogP contribution is 2.26. The Kier molecular flexibility index (Phi) is 4.13. The Morgan fingerprint density at radius 2 is 2.09 bits per heavy atom. The van der Waals surface area contributed by atoms with Crippen molar-refractivity contribution < 1.29 is 4.79 Å². The molecule has 2 heterocycles. The van der Waals surface area contributed by atoms with Crippen LogP contribution >= 0.6 is 0 Å². The molecule has 5 nitrogen and oxygen atoms in total. The number of carbonyl (C=O) groups is 1. The van der Waals surface area contributed by atoms with E-state index in [9.17, 15) is 4.79 Å². The normalized spacial score (nSPS) is 15.8. The number of benzene rings is 1. The lowest BCUT2D eigenvalue weighted by Crippen LogP contribution is -2.38. The van der Waals surface area contributed by atoms with Gasteiger partial charge >= 0.3 is 0 Å². The van der Waals surface area contributed by atoms with Gasteiger partial charge in [-0.05, 0) is 31.0 Å². The zero-order valence-corrected chi connectivity index (χ0v) is 13.1. The van der Waals surface area contributed by atoms with Crippen LogP contribution in [0.4, 0.5) is 5.69 Å². The molecule has 1 aliphatic heterocycles.